The first-order valence-electron chi connectivity index (χ1n) is 9.17. The number of rotatable bonds is 2. The number of benzene rings is 1. The molecule has 5 heteroatoms. The van der Waals surface area contributed by atoms with E-state index in [1.165, 1.54) is 21.1 Å². The molecule has 1 fully saturated rings. The molecule has 0 amide bonds. The fourth-order valence-corrected chi connectivity index (χ4v) is 4.68. The topological polar surface area (TPSA) is 22.1 Å². The fraction of sp³-hybridized carbons (Fsp3) is 0.450. The predicted octanol–water partition coefficient (Wildman–Crippen LogP) is 4.24. The van der Waals surface area contributed by atoms with Crippen LogP contribution in [-0.4, -0.2) is 55.4 Å². The number of aryl methyl sites for hydroxylation is 1. The number of para-hydroxylation sites is 2. The van der Waals surface area contributed by atoms with Gasteiger partial charge in [-0.2, -0.15) is 0 Å². The summed E-state index contributed by atoms with van der Waals surface area (Å²) in [7, 11) is 2.20. The van der Waals surface area contributed by atoms with Crippen LogP contribution in [0.25, 0.3) is 0 Å². The van der Waals surface area contributed by atoms with Gasteiger partial charge in [-0.15, -0.1) is 11.3 Å². The molecule has 0 bridgehead atoms. The van der Waals surface area contributed by atoms with Crippen molar-refractivity contribution in [3.8, 4) is 0 Å². The molecule has 2 aromatic rings. The Balaban J connectivity index is 1.85. The lowest BCUT2D eigenvalue weighted by atomic mass is 10.2. The van der Waals surface area contributed by atoms with Crippen molar-refractivity contribution in [2.75, 3.05) is 44.7 Å². The Morgan fingerprint density at radius 1 is 1.12 bits per heavy atom. The summed E-state index contributed by atoms with van der Waals surface area (Å²) in [5.74, 6) is 1.15. The van der Waals surface area contributed by atoms with Crippen LogP contribution in [0.1, 0.15) is 23.8 Å². The minimum Gasteiger partial charge on any atom is -0.353 e. The van der Waals surface area contributed by atoms with Crippen LogP contribution in [0, 0.1) is 6.92 Å². The molecule has 0 radical (unpaired) electrons. The number of hydrogen-bond acceptors (Lipinski definition) is 5. The van der Waals surface area contributed by atoms with Crippen LogP contribution in [0.15, 0.2) is 35.3 Å². The van der Waals surface area contributed by atoms with Crippen molar-refractivity contribution in [1.82, 2.24) is 9.80 Å². The van der Waals surface area contributed by atoms with E-state index in [1.807, 2.05) is 11.3 Å². The van der Waals surface area contributed by atoms with Gasteiger partial charge in [-0.05, 0) is 38.6 Å². The Morgan fingerprint density at radius 3 is 2.64 bits per heavy atom. The van der Waals surface area contributed by atoms with E-state index >= 15 is 0 Å². The highest BCUT2D eigenvalue weighted by atomic mass is 32.1. The van der Waals surface area contributed by atoms with Gasteiger partial charge in [-0.1, -0.05) is 19.1 Å². The van der Waals surface area contributed by atoms with Gasteiger partial charge < -0.3 is 14.7 Å². The zero-order valence-electron chi connectivity index (χ0n) is 15.3. The van der Waals surface area contributed by atoms with E-state index in [0.29, 0.717) is 0 Å². The maximum absolute atomic E-state index is 5.16. The van der Waals surface area contributed by atoms with Crippen molar-refractivity contribution < 1.29 is 0 Å². The van der Waals surface area contributed by atoms with Crippen molar-refractivity contribution in [2.45, 2.75) is 20.3 Å². The second-order valence-corrected chi connectivity index (χ2v) is 8.18. The minimum absolute atomic E-state index is 1.02. The lowest BCUT2D eigenvalue weighted by Crippen LogP contribution is -2.47. The molecule has 3 heterocycles. The Morgan fingerprint density at radius 2 is 1.88 bits per heavy atom. The van der Waals surface area contributed by atoms with Gasteiger partial charge in [-0.25, -0.2) is 4.99 Å². The van der Waals surface area contributed by atoms with E-state index in [-0.39, 0.29) is 0 Å². The van der Waals surface area contributed by atoms with Crippen LogP contribution in [-0.2, 0) is 0 Å². The molecule has 2 aliphatic heterocycles. The predicted molar refractivity (Wildman–Crippen MR) is 108 cm³/mol. The molecule has 1 saturated heterocycles. The van der Waals surface area contributed by atoms with Crippen LogP contribution in [0.5, 0.6) is 0 Å². The normalized spacial score (nSPS) is 17.8. The molecule has 25 heavy (non-hydrogen) atoms. The number of fused-ring (bicyclic) bond motifs is 2. The molecule has 0 unspecified atom stereocenters. The second-order valence-electron chi connectivity index (χ2n) is 6.94. The molecule has 132 valence electrons. The molecule has 4 nitrogen and oxygen atoms in total. The first kappa shape index (κ1) is 16.6. The van der Waals surface area contributed by atoms with Crippen LogP contribution in [0.3, 0.4) is 0 Å². The molecule has 4 rings (SSSR count). The van der Waals surface area contributed by atoms with Crippen LogP contribution in [0.2, 0.25) is 0 Å². The first-order chi connectivity index (χ1) is 12.2. The summed E-state index contributed by atoms with van der Waals surface area (Å²) >= 11 is 1.89. The number of likely N-dealkylation sites (N-methyl/N-ethyl adjacent to an activating group) is 1. The number of piperazine rings is 1. The van der Waals surface area contributed by atoms with E-state index < -0.39 is 0 Å². The SMILES string of the molecule is CCCN1c2ccccc2N=C(N2CCN(C)CC2)c2cc(C)sc21. The van der Waals surface area contributed by atoms with Gasteiger partial charge in [0, 0.05) is 37.6 Å². The highest BCUT2D eigenvalue weighted by Gasteiger charge is 2.28. The number of nitrogens with zero attached hydrogens (tertiary/aromatic N) is 4. The number of thiophene rings is 1. The summed E-state index contributed by atoms with van der Waals surface area (Å²) in [4.78, 5) is 13.8. The molecule has 0 aliphatic carbocycles. The molecule has 1 aromatic carbocycles. The average molecular weight is 355 g/mol. The van der Waals surface area contributed by atoms with Gasteiger partial charge >= 0.3 is 0 Å². The quantitative estimate of drug-likeness (QED) is 0.805. The van der Waals surface area contributed by atoms with E-state index in [1.54, 1.807) is 0 Å². The first-order valence-corrected chi connectivity index (χ1v) is 9.98. The van der Waals surface area contributed by atoms with E-state index in [2.05, 4.69) is 65.9 Å². The molecule has 0 spiro atoms. The number of amidine groups is 1. The smallest absolute Gasteiger partial charge is 0.139 e. The standard InChI is InChI=1S/C20H26N4S/c1-4-9-24-18-8-6-5-7-17(18)21-19(16-14-15(2)25-20(16)24)23-12-10-22(3)11-13-23/h5-8,14H,4,9-13H2,1-3H3. The van der Waals surface area contributed by atoms with Crippen molar-refractivity contribution >= 4 is 33.5 Å². The Kier molecular flexibility index (Phi) is 4.52. The summed E-state index contributed by atoms with van der Waals surface area (Å²) in [5.41, 5.74) is 3.62. The van der Waals surface area contributed by atoms with E-state index in [9.17, 15) is 0 Å². The van der Waals surface area contributed by atoms with Gasteiger partial charge in [0.1, 0.15) is 10.8 Å². The number of aliphatic imine (C=N–C) groups is 1. The average Bonchev–Trinajstić information content (AvgIpc) is 2.95. The van der Waals surface area contributed by atoms with Gasteiger partial charge in [0.05, 0.1) is 16.9 Å². The minimum atomic E-state index is 1.02. The molecule has 0 saturated carbocycles. The van der Waals surface area contributed by atoms with E-state index in [4.69, 9.17) is 4.99 Å². The summed E-state index contributed by atoms with van der Waals surface area (Å²) < 4.78 is 0. The van der Waals surface area contributed by atoms with Crippen molar-refractivity contribution in [3.05, 3.63) is 40.8 Å². The van der Waals surface area contributed by atoms with Gasteiger partial charge in [-0.3, -0.25) is 0 Å². The fourth-order valence-electron chi connectivity index (χ4n) is 3.64. The van der Waals surface area contributed by atoms with E-state index in [0.717, 1.165) is 50.7 Å². The third-order valence-electron chi connectivity index (χ3n) is 4.97. The molecular weight excluding hydrogens is 328 g/mol. The van der Waals surface area contributed by atoms with Crippen molar-refractivity contribution in [2.24, 2.45) is 4.99 Å². The van der Waals surface area contributed by atoms with Crippen LogP contribution in [0.4, 0.5) is 16.4 Å². The Bertz CT molecular complexity index is 787. The summed E-state index contributed by atoms with van der Waals surface area (Å²) in [6, 6.07) is 10.9. The maximum atomic E-state index is 5.16. The van der Waals surface area contributed by atoms with Crippen LogP contribution < -0.4 is 4.90 Å². The zero-order chi connectivity index (χ0) is 17.4. The zero-order valence-corrected chi connectivity index (χ0v) is 16.1. The van der Waals surface area contributed by atoms with Gasteiger partial charge in [0.25, 0.3) is 0 Å². The third-order valence-corrected chi connectivity index (χ3v) is 6.04. The summed E-state index contributed by atoms with van der Waals surface area (Å²) in [6.45, 7) is 9.75. The monoisotopic (exact) mass is 354 g/mol. The molecular formula is C20H26N4S. The number of anilines is 2. The lowest BCUT2D eigenvalue weighted by molar-refractivity contribution is 0.216. The largest absolute Gasteiger partial charge is 0.353 e. The summed E-state index contributed by atoms with van der Waals surface area (Å²) in [5, 5.41) is 1.35. The maximum Gasteiger partial charge on any atom is 0.139 e. The molecule has 1 aromatic heterocycles. The van der Waals surface area contributed by atoms with Crippen LogP contribution >= 0.6 is 11.3 Å². The molecule has 0 N–H and O–H groups in total. The Labute approximate surface area is 154 Å². The number of hydrogen-bond donors (Lipinski definition) is 0. The highest BCUT2D eigenvalue weighted by Crippen LogP contribution is 2.44. The van der Waals surface area contributed by atoms with Gasteiger partial charge in [0.15, 0.2) is 0 Å². The second kappa shape index (κ2) is 6.81. The highest BCUT2D eigenvalue weighted by molar-refractivity contribution is 7.16. The van der Waals surface area contributed by atoms with Crippen molar-refractivity contribution in [3.63, 3.8) is 0 Å². The van der Waals surface area contributed by atoms with Crippen molar-refractivity contribution in [1.29, 1.82) is 0 Å². The lowest BCUT2D eigenvalue weighted by Gasteiger charge is -2.34. The Hall–Kier alpha value is -1.85. The van der Waals surface area contributed by atoms with Gasteiger partial charge in [0.2, 0.25) is 0 Å². The third kappa shape index (κ3) is 3.07. The molecule has 0 atom stereocenters. The summed E-state index contributed by atoms with van der Waals surface area (Å²) in [6.07, 6.45) is 1.12. The molecule has 2 aliphatic rings.